The number of hydrogen-bond acceptors (Lipinski definition) is 8. The number of nitrogens with zero attached hydrogens (tertiary/aromatic N) is 4. The number of ether oxygens (including phenoxy) is 2. The number of hydrogen-bond donors (Lipinski definition) is 0. The van der Waals surface area contributed by atoms with Gasteiger partial charge in [-0.25, -0.2) is 9.97 Å². The summed E-state index contributed by atoms with van der Waals surface area (Å²) in [6.07, 6.45) is 0.0431. The third-order valence-electron chi connectivity index (χ3n) is 12.1. The summed E-state index contributed by atoms with van der Waals surface area (Å²) in [5, 5.41) is 2.16. The molecule has 3 heterocycles. The largest absolute Gasteiger partial charge is 0.479 e. The summed E-state index contributed by atoms with van der Waals surface area (Å²) in [6, 6.07) is 14.5. The first-order chi connectivity index (χ1) is 23.4. The molecule has 2 aromatic carbocycles. The van der Waals surface area contributed by atoms with Crippen molar-refractivity contribution in [2.24, 2.45) is 0 Å². The Morgan fingerprint density at radius 2 is 1.29 bits per heavy atom. The van der Waals surface area contributed by atoms with E-state index in [1.54, 1.807) is 13.4 Å². The summed E-state index contributed by atoms with van der Waals surface area (Å²) in [4.78, 5) is 14.9. The molecular weight excluding hydrogens is 689 g/mol. The SMILES string of the molecule is COc1nc(-c2cccc3ccccc23)nc2c1ncn2[C@@H]1O[C@H](CO[Si](C)(C)C(C)(C)C)[C@@H](O[Si](C)(C)C(C)(C)C)[C@H]1O[Si](C)(C)C(C)(C)C. The quantitative estimate of drug-likeness (QED) is 0.148. The molecule has 0 saturated carbocycles. The fraction of sp³-hybridized carbons (Fsp3) is 0.615. The molecule has 0 radical (unpaired) electrons. The Kier molecular flexibility index (Phi) is 10.7. The van der Waals surface area contributed by atoms with E-state index >= 15 is 0 Å². The number of aromatic nitrogens is 4. The molecule has 5 rings (SSSR count). The van der Waals surface area contributed by atoms with Crippen LogP contribution >= 0.6 is 0 Å². The van der Waals surface area contributed by atoms with Gasteiger partial charge in [0.25, 0.3) is 0 Å². The van der Waals surface area contributed by atoms with Gasteiger partial charge in [0.15, 0.2) is 48.2 Å². The molecule has 0 unspecified atom stereocenters. The highest BCUT2D eigenvalue weighted by Crippen LogP contribution is 2.47. The molecule has 0 spiro atoms. The Bertz CT molecular complexity index is 1850. The van der Waals surface area contributed by atoms with E-state index in [-0.39, 0.29) is 27.3 Å². The highest BCUT2D eigenvalue weighted by molar-refractivity contribution is 6.75. The van der Waals surface area contributed by atoms with E-state index in [0.717, 1.165) is 16.3 Å². The molecule has 0 amide bonds. The van der Waals surface area contributed by atoms with Crippen molar-refractivity contribution in [1.82, 2.24) is 19.5 Å². The second-order valence-electron chi connectivity index (χ2n) is 18.7. The van der Waals surface area contributed by atoms with Crippen molar-refractivity contribution in [1.29, 1.82) is 0 Å². The monoisotopic (exact) mass is 750 g/mol. The number of imidazole rings is 1. The first-order valence-corrected chi connectivity index (χ1v) is 27.0. The minimum atomic E-state index is -2.35. The van der Waals surface area contributed by atoms with Gasteiger partial charge in [0.2, 0.25) is 5.88 Å². The van der Waals surface area contributed by atoms with Crippen molar-refractivity contribution in [3.8, 4) is 17.3 Å². The number of benzene rings is 2. The van der Waals surface area contributed by atoms with E-state index in [1.807, 2.05) is 22.8 Å². The zero-order chi connectivity index (χ0) is 37.9. The predicted molar refractivity (Wildman–Crippen MR) is 216 cm³/mol. The van der Waals surface area contributed by atoms with Crippen LogP contribution in [0.15, 0.2) is 48.8 Å². The molecule has 280 valence electrons. The molecule has 0 bridgehead atoms. The molecule has 1 aliphatic rings. The Hall–Kier alpha value is -2.46. The van der Waals surface area contributed by atoms with E-state index in [0.29, 0.717) is 29.5 Å². The molecule has 2 aromatic heterocycles. The average molecular weight is 751 g/mol. The van der Waals surface area contributed by atoms with E-state index in [4.69, 9.17) is 37.7 Å². The van der Waals surface area contributed by atoms with Crippen LogP contribution in [0.1, 0.15) is 68.5 Å². The molecule has 1 aliphatic heterocycles. The maximum absolute atomic E-state index is 7.42. The van der Waals surface area contributed by atoms with Gasteiger partial charge in [-0.05, 0) is 65.2 Å². The summed E-state index contributed by atoms with van der Waals surface area (Å²) >= 11 is 0. The Balaban J connectivity index is 1.70. The summed E-state index contributed by atoms with van der Waals surface area (Å²) in [6.45, 7) is 34.6. The van der Waals surface area contributed by atoms with Crippen LogP contribution in [0.3, 0.4) is 0 Å². The second-order valence-corrected chi connectivity index (χ2v) is 33.1. The van der Waals surface area contributed by atoms with Gasteiger partial charge < -0.3 is 22.8 Å². The van der Waals surface area contributed by atoms with Crippen LogP contribution in [0, 0.1) is 0 Å². The van der Waals surface area contributed by atoms with Crippen molar-refractivity contribution in [2.75, 3.05) is 13.7 Å². The van der Waals surface area contributed by atoms with Crippen LogP contribution in [0.25, 0.3) is 33.3 Å². The molecular formula is C39H62N4O5Si3. The molecule has 51 heavy (non-hydrogen) atoms. The number of fused-ring (bicyclic) bond motifs is 2. The highest BCUT2D eigenvalue weighted by atomic mass is 28.4. The van der Waals surface area contributed by atoms with Crippen LogP contribution in [-0.4, -0.2) is 76.5 Å². The average Bonchev–Trinajstić information content (AvgIpc) is 3.58. The van der Waals surface area contributed by atoms with Gasteiger partial charge in [-0.15, -0.1) is 0 Å². The van der Waals surface area contributed by atoms with Gasteiger partial charge in [-0.2, -0.15) is 4.98 Å². The minimum Gasteiger partial charge on any atom is -0.479 e. The highest BCUT2D eigenvalue weighted by Gasteiger charge is 2.55. The summed E-state index contributed by atoms with van der Waals surface area (Å²) in [5.74, 6) is 0.970. The lowest BCUT2D eigenvalue weighted by Crippen LogP contribution is -2.54. The Morgan fingerprint density at radius 1 is 0.725 bits per heavy atom. The lowest BCUT2D eigenvalue weighted by Gasteiger charge is -2.44. The van der Waals surface area contributed by atoms with Crippen molar-refractivity contribution in [3.63, 3.8) is 0 Å². The Labute approximate surface area is 309 Å². The number of rotatable bonds is 10. The summed E-state index contributed by atoms with van der Waals surface area (Å²) in [5.41, 5.74) is 2.11. The maximum Gasteiger partial charge on any atom is 0.245 e. The van der Waals surface area contributed by atoms with Crippen LogP contribution < -0.4 is 4.74 Å². The molecule has 9 nitrogen and oxygen atoms in total. The smallest absolute Gasteiger partial charge is 0.245 e. The van der Waals surface area contributed by atoms with E-state index in [2.05, 4.69) is 126 Å². The van der Waals surface area contributed by atoms with Gasteiger partial charge in [-0.3, -0.25) is 4.57 Å². The minimum absolute atomic E-state index is 0.0207. The van der Waals surface area contributed by atoms with Crippen LogP contribution in [-0.2, 0) is 18.0 Å². The predicted octanol–water partition coefficient (Wildman–Crippen LogP) is 10.4. The van der Waals surface area contributed by atoms with Crippen molar-refractivity contribution < 1.29 is 22.8 Å². The van der Waals surface area contributed by atoms with Crippen molar-refractivity contribution in [3.05, 3.63) is 48.8 Å². The van der Waals surface area contributed by atoms with E-state index < -0.39 is 37.3 Å². The molecule has 1 fully saturated rings. The van der Waals surface area contributed by atoms with E-state index in [1.165, 1.54) is 0 Å². The summed E-state index contributed by atoms with van der Waals surface area (Å²) in [7, 11) is -5.16. The van der Waals surface area contributed by atoms with Gasteiger partial charge in [0.05, 0.1) is 20.0 Å². The summed E-state index contributed by atoms with van der Waals surface area (Å²) < 4.78 is 36.7. The van der Waals surface area contributed by atoms with Gasteiger partial charge in [0, 0.05) is 5.56 Å². The zero-order valence-electron chi connectivity index (χ0n) is 34.0. The van der Waals surface area contributed by atoms with Crippen LogP contribution in [0.5, 0.6) is 5.88 Å². The van der Waals surface area contributed by atoms with Crippen LogP contribution in [0.4, 0.5) is 0 Å². The van der Waals surface area contributed by atoms with Crippen molar-refractivity contribution >= 4 is 46.9 Å². The molecule has 12 heteroatoms. The molecule has 4 atom stereocenters. The molecule has 0 N–H and O–H groups in total. The van der Waals surface area contributed by atoms with Crippen molar-refractivity contribution in [2.45, 2.75) is 141 Å². The second kappa shape index (κ2) is 13.7. The first kappa shape index (κ1) is 39.7. The lowest BCUT2D eigenvalue weighted by molar-refractivity contribution is -0.0470. The number of methoxy groups -OCH3 is 1. The Morgan fingerprint density at radius 3 is 1.88 bits per heavy atom. The fourth-order valence-corrected chi connectivity index (χ4v) is 9.25. The molecule has 1 saturated heterocycles. The van der Waals surface area contributed by atoms with Gasteiger partial charge in [-0.1, -0.05) is 105 Å². The topological polar surface area (TPSA) is 89.8 Å². The third-order valence-corrected chi connectivity index (χ3v) is 25.5. The lowest BCUT2D eigenvalue weighted by atomic mass is 10.0. The van der Waals surface area contributed by atoms with Crippen LogP contribution in [0.2, 0.25) is 54.4 Å². The molecule has 0 aliphatic carbocycles. The fourth-order valence-electron chi connectivity index (χ4n) is 5.63. The maximum atomic E-state index is 7.42. The first-order valence-electron chi connectivity index (χ1n) is 18.3. The molecule has 4 aromatic rings. The van der Waals surface area contributed by atoms with Gasteiger partial charge in [0.1, 0.15) is 18.3 Å². The normalized spacial score (nSPS) is 21.2. The van der Waals surface area contributed by atoms with Gasteiger partial charge >= 0.3 is 0 Å². The van der Waals surface area contributed by atoms with E-state index in [9.17, 15) is 0 Å². The zero-order valence-corrected chi connectivity index (χ0v) is 37.0. The standard InChI is InChI=1S/C39H62N4O5Si3/c1-37(2,3)49(11,12)45-24-29-31(47-50(13,14)38(4,5)6)32(48-51(15,16)39(7,8)9)36(46-29)43-25-40-30-34(43)41-33(42-35(30)44-10)28-23-19-21-26-20-17-18-22-27(26)28/h17-23,25,29,31-32,36H,24H2,1-16H3/t29-,31-,32-,36-/m1/s1. The third kappa shape index (κ3) is 7.78.